The molecule has 3 rings (SSSR count). The van der Waals surface area contributed by atoms with Crippen molar-refractivity contribution in [1.82, 2.24) is 15.1 Å². The van der Waals surface area contributed by atoms with E-state index in [4.69, 9.17) is 11.6 Å². The molecule has 0 bridgehead atoms. The summed E-state index contributed by atoms with van der Waals surface area (Å²) in [4.78, 5) is 16.8. The average Bonchev–Trinajstić information content (AvgIpc) is 3.18. The zero-order valence-corrected chi connectivity index (χ0v) is 16.1. The lowest BCUT2D eigenvalue weighted by Crippen LogP contribution is -2.50. The molecule has 2 N–H and O–H groups in total. The smallest absolute Gasteiger partial charge is 0.223 e. The molecule has 26 heavy (non-hydrogen) atoms. The summed E-state index contributed by atoms with van der Waals surface area (Å²) in [6, 6.07) is 7.75. The van der Waals surface area contributed by atoms with Gasteiger partial charge in [-0.1, -0.05) is 36.6 Å². The molecule has 1 aromatic carbocycles. The number of nitrogens with zero attached hydrogens (tertiary/aromatic N) is 2. The Hall–Kier alpha value is -1.14. The molecule has 1 saturated carbocycles. The van der Waals surface area contributed by atoms with E-state index in [-0.39, 0.29) is 24.5 Å². The summed E-state index contributed by atoms with van der Waals surface area (Å²) >= 11 is 6.09. The van der Waals surface area contributed by atoms with Gasteiger partial charge in [0.25, 0.3) is 0 Å². The third kappa shape index (κ3) is 5.19. The minimum absolute atomic E-state index is 0.00193. The van der Waals surface area contributed by atoms with Gasteiger partial charge in [0.1, 0.15) is 0 Å². The third-order valence-corrected chi connectivity index (χ3v) is 5.94. The van der Waals surface area contributed by atoms with Crippen LogP contribution in [0.15, 0.2) is 24.3 Å². The highest BCUT2D eigenvalue weighted by atomic mass is 35.5. The molecule has 1 aliphatic heterocycles. The van der Waals surface area contributed by atoms with E-state index in [9.17, 15) is 9.90 Å². The van der Waals surface area contributed by atoms with Crippen LogP contribution in [0.25, 0.3) is 0 Å². The molecule has 6 heteroatoms. The van der Waals surface area contributed by atoms with Crippen LogP contribution in [0.4, 0.5) is 0 Å². The van der Waals surface area contributed by atoms with Gasteiger partial charge in [0, 0.05) is 50.2 Å². The summed E-state index contributed by atoms with van der Waals surface area (Å²) in [6.45, 7) is 5.45. The van der Waals surface area contributed by atoms with Gasteiger partial charge in [-0.15, -0.1) is 0 Å². The molecule has 1 aliphatic carbocycles. The maximum absolute atomic E-state index is 12.1. The van der Waals surface area contributed by atoms with Gasteiger partial charge in [0.05, 0.1) is 12.6 Å². The van der Waals surface area contributed by atoms with Gasteiger partial charge in [0.15, 0.2) is 0 Å². The van der Waals surface area contributed by atoms with Crippen LogP contribution in [0.2, 0.25) is 5.02 Å². The van der Waals surface area contributed by atoms with Crippen LogP contribution < -0.4 is 5.32 Å². The minimum Gasteiger partial charge on any atom is -0.394 e. The number of aliphatic hydroxyl groups is 1. The fourth-order valence-corrected chi connectivity index (χ4v) is 4.31. The lowest BCUT2D eigenvalue weighted by atomic mass is 10.1. The van der Waals surface area contributed by atoms with Crippen LogP contribution in [-0.4, -0.2) is 66.7 Å². The number of halogens is 1. The second kappa shape index (κ2) is 9.70. The van der Waals surface area contributed by atoms with Crippen LogP contribution in [0, 0.1) is 5.92 Å². The minimum atomic E-state index is -0.00193. The Kier molecular flexibility index (Phi) is 7.32. The van der Waals surface area contributed by atoms with E-state index < -0.39 is 0 Å². The molecule has 2 aliphatic rings. The number of nitrogens with one attached hydrogen (secondary N) is 1. The Labute approximate surface area is 161 Å². The van der Waals surface area contributed by atoms with Gasteiger partial charge in [0.2, 0.25) is 5.91 Å². The number of hydrogen-bond acceptors (Lipinski definition) is 4. The number of amides is 1. The van der Waals surface area contributed by atoms with Gasteiger partial charge in [-0.3, -0.25) is 14.6 Å². The molecule has 1 amide bonds. The first-order valence-corrected chi connectivity index (χ1v) is 10.2. The van der Waals surface area contributed by atoms with Gasteiger partial charge < -0.3 is 10.4 Å². The number of hydrogen-bond donors (Lipinski definition) is 2. The molecule has 0 spiro atoms. The van der Waals surface area contributed by atoms with E-state index in [2.05, 4.69) is 15.1 Å². The number of benzene rings is 1. The zero-order chi connectivity index (χ0) is 18.4. The van der Waals surface area contributed by atoms with E-state index >= 15 is 0 Å². The Morgan fingerprint density at radius 2 is 1.96 bits per heavy atom. The standard InChI is InChI=1S/C20H30ClN3O2/c21-18-7-3-6-17(14-18)19(15-25)24-12-10-23(11-13-24)9-8-22-20(26)16-4-1-2-5-16/h3,6-7,14,16,19,25H,1-2,4-5,8-13,15H2,(H,22,26)/t19-/m0/s1. The van der Waals surface area contributed by atoms with E-state index in [0.29, 0.717) is 5.02 Å². The van der Waals surface area contributed by atoms with E-state index in [1.165, 1.54) is 12.8 Å². The van der Waals surface area contributed by atoms with Crippen molar-refractivity contribution in [2.75, 3.05) is 45.9 Å². The van der Waals surface area contributed by atoms with Crippen molar-refractivity contribution < 1.29 is 9.90 Å². The summed E-state index contributed by atoms with van der Waals surface area (Å²) < 4.78 is 0. The van der Waals surface area contributed by atoms with E-state index in [0.717, 1.165) is 57.7 Å². The molecule has 5 nitrogen and oxygen atoms in total. The molecule has 0 unspecified atom stereocenters. The van der Waals surface area contributed by atoms with Crippen molar-refractivity contribution in [1.29, 1.82) is 0 Å². The highest BCUT2D eigenvalue weighted by Crippen LogP contribution is 2.25. The quantitative estimate of drug-likeness (QED) is 0.763. The van der Waals surface area contributed by atoms with Crippen molar-refractivity contribution in [3.8, 4) is 0 Å². The topological polar surface area (TPSA) is 55.8 Å². The van der Waals surface area contributed by atoms with Gasteiger partial charge in [-0.2, -0.15) is 0 Å². The molecule has 0 radical (unpaired) electrons. The average molecular weight is 380 g/mol. The lowest BCUT2D eigenvalue weighted by Gasteiger charge is -2.39. The second-order valence-electron chi connectivity index (χ2n) is 7.40. The predicted octanol–water partition coefficient (Wildman–Crippen LogP) is 2.30. The van der Waals surface area contributed by atoms with E-state index in [1.807, 2.05) is 24.3 Å². The Bertz CT molecular complexity index is 584. The highest BCUT2D eigenvalue weighted by Gasteiger charge is 2.25. The van der Waals surface area contributed by atoms with Crippen LogP contribution >= 0.6 is 11.6 Å². The normalized spacial score (nSPS) is 21.0. The molecule has 1 saturated heterocycles. The predicted molar refractivity (Wildman–Crippen MR) is 104 cm³/mol. The third-order valence-electron chi connectivity index (χ3n) is 5.71. The first kappa shape index (κ1) is 19.6. The Balaban J connectivity index is 1.41. The molecule has 1 aromatic rings. The van der Waals surface area contributed by atoms with Crippen molar-refractivity contribution in [3.63, 3.8) is 0 Å². The Morgan fingerprint density at radius 1 is 1.23 bits per heavy atom. The van der Waals surface area contributed by atoms with Crippen LogP contribution in [0.3, 0.4) is 0 Å². The van der Waals surface area contributed by atoms with E-state index in [1.54, 1.807) is 0 Å². The SMILES string of the molecule is O=C(NCCN1CCN([C@@H](CO)c2cccc(Cl)c2)CC1)C1CCCC1. The van der Waals surface area contributed by atoms with Gasteiger partial charge in [-0.05, 0) is 30.5 Å². The summed E-state index contributed by atoms with van der Waals surface area (Å²) in [5.74, 6) is 0.484. The molecule has 2 fully saturated rings. The first-order chi connectivity index (χ1) is 12.7. The van der Waals surface area contributed by atoms with Crippen molar-refractivity contribution in [2.24, 2.45) is 5.92 Å². The molecular formula is C20H30ClN3O2. The van der Waals surface area contributed by atoms with Gasteiger partial charge in [-0.25, -0.2) is 0 Å². The molecular weight excluding hydrogens is 350 g/mol. The van der Waals surface area contributed by atoms with Crippen LogP contribution in [0.5, 0.6) is 0 Å². The van der Waals surface area contributed by atoms with Gasteiger partial charge >= 0.3 is 0 Å². The number of carbonyl (C=O) groups excluding carboxylic acids is 1. The molecule has 1 heterocycles. The first-order valence-electron chi connectivity index (χ1n) is 9.78. The maximum Gasteiger partial charge on any atom is 0.223 e. The molecule has 144 valence electrons. The van der Waals surface area contributed by atoms with Crippen molar-refractivity contribution in [2.45, 2.75) is 31.7 Å². The number of piperazine rings is 1. The zero-order valence-electron chi connectivity index (χ0n) is 15.4. The largest absolute Gasteiger partial charge is 0.394 e. The number of rotatable bonds is 7. The Morgan fingerprint density at radius 3 is 2.62 bits per heavy atom. The fraction of sp³-hybridized carbons (Fsp3) is 0.650. The summed E-state index contributed by atoms with van der Waals surface area (Å²) in [6.07, 6.45) is 4.49. The molecule has 0 aromatic heterocycles. The maximum atomic E-state index is 12.1. The lowest BCUT2D eigenvalue weighted by molar-refractivity contribution is -0.124. The highest BCUT2D eigenvalue weighted by molar-refractivity contribution is 6.30. The summed E-state index contributed by atoms with van der Waals surface area (Å²) in [5.41, 5.74) is 1.07. The second-order valence-corrected chi connectivity index (χ2v) is 7.84. The van der Waals surface area contributed by atoms with Crippen LogP contribution in [0.1, 0.15) is 37.3 Å². The summed E-state index contributed by atoms with van der Waals surface area (Å²) in [5, 5.41) is 13.7. The van der Waals surface area contributed by atoms with Crippen LogP contribution in [-0.2, 0) is 4.79 Å². The fourth-order valence-electron chi connectivity index (χ4n) is 4.11. The summed E-state index contributed by atoms with van der Waals surface area (Å²) in [7, 11) is 0. The molecule has 1 atom stereocenters. The number of aliphatic hydroxyl groups excluding tert-OH is 1. The van der Waals surface area contributed by atoms with Crippen molar-refractivity contribution in [3.05, 3.63) is 34.9 Å². The van der Waals surface area contributed by atoms with Crippen molar-refractivity contribution >= 4 is 17.5 Å². The number of carbonyl (C=O) groups is 1. The monoisotopic (exact) mass is 379 g/mol.